The lowest BCUT2D eigenvalue weighted by Gasteiger charge is -2.78. The van der Waals surface area contributed by atoms with E-state index < -0.39 is 0 Å². The van der Waals surface area contributed by atoms with Crippen LogP contribution >= 0.6 is 15.9 Å². The van der Waals surface area contributed by atoms with Crippen LogP contribution in [0.5, 0.6) is 0 Å². The van der Waals surface area contributed by atoms with Crippen molar-refractivity contribution in [2.24, 2.45) is 43.8 Å². The number of halogens is 1. The Morgan fingerprint density at radius 3 is 1.79 bits per heavy atom. The van der Waals surface area contributed by atoms with E-state index in [2.05, 4.69) is 74.0 Å². The number of hydrogen-bond acceptors (Lipinski definition) is 0. The minimum atomic E-state index is 0.505. The van der Waals surface area contributed by atoms with E-state index in [1.807, 2.05) is 0 Å². The molecule has 5 atom stereocenters. The third kappa shape index (κ3) is 3.12. The number of alkyl halides is 1. The Bertz CT molecular complexity index is 939. The first-order chi connectivity index (χ1) is 15.4. The lowest BCUT2D eigenvalue weighted by molar-refractivity contribution is -0.284. The first-order valence-electron chi connectivity index (χ1n) is 14.1. The van der Waals surface area contributed by atoms with Crippen molar-refractivity contribution in [3.8, 4) is 0 Å². The molecule has 0 N–H and O–H groups in total. The fourth-order valence-electron chi connectivity index (χ4n) is 13.9. The second kappa shape index (κ2) is 6.33. The molecule has 9 rings (SSSR count). The van der Waals surface area contributed by atoms with Gasteiger partial charge in [0.1, 0.15) is 0 Å². The summed E-state index contributed by atoms with van der Waals surface area (Å²) in [7, 11) is 0. The third-order valence-corrected chi connectivity index (χ3v) is 13.1. The van der Waals surface area contributed by atoms with Gasteiger partial charge in [-0.2, -0.15) is 0 Å². The van der Waals surface area contributed by atoms with Crippen LogP contribution in [0.15, 0.2) is 30.3 Å². The molecule has 0 nitrogen and oxygen atoms in total. The van der Waals surface area contributed by atoms with Crippen LogP contribution in [0.2, 0.25) is 0 Å². The summed E-state index contributed by atoms with van der Waals surface area (Å²) in [6, 6.07) is 11.3. The predicted octanol–water partition coefficient (Wildman–Crippen LogP) is 9.88. The van der Waals surface area contributed by atoms with Crippen molar-refractivity contribution in [2.75, 3.05) is 0 Å². The van der Waals surface area contributed by atoms with Crippen LogP contribution in [0.1, 0.15) is 122 Å². The monoisotopic (exact) mass is 508 g/mol. The molecule has 8 aliphatic carbocycles. The van der Waals surface area contributed by atoms with Crippen LogP contribution in [-0.2, 0) is 0 Å². The third-order valence-electron chi connectivity index (χ3n) is 12.2. The van der Waals surface area contributed by atoms with Crippen molar-refractivity contribution >= 4 is 15.9 Å². The molecule has 8 saturated carbocycles. The van der Waals surface area contributed by atoms with Gasteiger partial charge in [0, 0.05) is 4.83 Å². The molecule has 180 valence electrons. The first kappa shape index (κ1) is 21.9. The van der Waals surface area contributed by atoms with Crippen LogP contribution < -0.4 is 0 Å². The summed E-state index contributed by atoms with van der Waals surface area (Å²) in [5.41, 5.74) is 5.68. The van der Waals surface area contributed by atoms with Gasteiger partial charge in [-0.05, 0) is 133 Å². The summed E-state index contributed by atoms with van der Waals surface area (Å²) in [5, 5.41) is 0. The smallest absolute Gasteiger partial charge is 0.0400 e. The molecule has 0 aliphatic heterocycles. The van der Waals surface area contributed by atoms with Gasteiger partial charge in [0.15, 0.2) is 0 Å². The molecule has 5 unspecified atom stereocenters. The van der Waals surface area contributed by atoms with Crippen molar-refractivity contribution in [3.05, 3.63) is 35.9 Å². The van der Waals surface area contributed by atoms with Gasteiger partial charge in [0.2, 0.25) is 0 Å². The van der Waals surface area contributed by atoms with Crippen molar-refractivity contribution < 1.29 is 0 Å². The summed E-state index contributed by atoms with van der Waals surface area (Å²) in [6.07, 6.45) is 19.8. The molecule has 8 bridgehead atoms. The first-order valence-corrected chi connectivity index (χ1v) is 15.0. The second-order valence-corrected chi connectivity index (χ2v) is 17.6. The highest BCUT2D eigenvalue weighted by Gasteiger charge is 2.74. The number of hydrogen-bond donors (Lipinski definition) is 0. The normalized spacial score (nSPS) is 56.9. The molecule has 1 heteroatoms. The second-order valence-electron chi connectivity index (χ2n) is 16.5. The molecule has 0 amide bonds. The van der Waals surface area contributed by atoms with Gasteiger partial charge in [0.05, 0.1) is 0 Å². The quantitative estimate of drug-likeness (QED) is 0.354. The maximum Gasteiger partial charge on any atom is 0.0400 e. The Labute approximate surface area is 211 Å². The summed E-state index contributed by atoms with van der Waals surface area (Å²) >= 11 is 4.21. The van der Waals surface area contributed by atoms with E-state index in [4.69, 9.17) is 0 Å². The Kier molecular flexibility index (Phi) is 4.21. The molecular formula is C32H45Br. The predicted molar refractivity (Wildman–Crippen MR) is 141 cm³/mol. The molecule has 1 aromatic rings. The van der Waals surface area contributed by atoms with Gasteiger partial charge in [-0.15, -0.1) is 0 Å². The van der Waals surface area contributed by atoms with Crippen LogP contribution in [0.4, 0.5) is 0 Å². The van der Waals surface area contributed by atoms with Gasteiger partial charge < -0.3 is 0 Å². The molecule has 8 aliphatic rings. The van der Waals surface area contributed by atoms with Gasteiger partial charge in [-0.3, -0.25) is 0 Å². The highest BCUT2D eigenvalue weighted by atomic mass is 79.9. The van der Waals surface area contributed by atoms with Crippen LogP contribution in [0, 0.1) is 43.8 Å². The van der Waals surface area contributed by atoms with Crippen LogP contribution in [0.3, 0.4) is 0 Å². The average Bonchev–Trinajstić information content (AvgIpc) is 2.62. The maximum absolute atomic E-state index is 4.21. The van der Waals surface area contributed by atoms with Crippen LogP contribution in [-0.4, -0.2) is 0 Å². The Hall–Kier alpha value is -0.300. The molecular weight excluding hydrogens is 464 g/mol. The van der Waals surface area contributed by atoms with Crippen molar-refractivity contribution in [1.82, 2.24) is 0 Å². The highest BCUT2D eigenvalue weighted by molar-refractivity contribution is 9.09. The Morgan fingerprint density at radius 2 is 1.21 bits per heavy atom. The zero-order valence-electron chi connectivity index (χ0n) is 21.6. The van der Waals surface area contributed by atoms with E-state index in [1.54, 1.807) is 38.5 Å². The summed E-state index contributed by atoms with van der Waals surface area (Å²) in [4.78, 5) is 0.505. The zero-order valence-corrected chi connectivity index (χ0v) is 23.2. The topological polar surface area (TPSA) is 0 Å². The van der Waals surface area contributed by atoms with Gasteiger partial charge >= 0.3 is 0 Å². The molecule has 8 fully saturated rings. The summed E-state index contributed by atoms with van der Waals surface area (Å²) in [5.74, 6) is 1.02. The van der Waals surface area contributed by atoms with E-state index in [9.17, 15) is 0 Å². The lowest BCUT2D eigenvalue weighted by Crippen LogP contribution is -2.68. The van der Waals surface area contributed by atoms with E-state index in [1.165, 1.54) is 50.5 Å². The molecule has 0 spiro atoms. The molecule has 0 radical (unpaired) electrons. The standard InChI is InChI=1S/C32H45Br/c1-26-10-23-11-27(2,14-26)19-31(12-23,18-26)32-20-28(3)15-29(4,21-32)17-30(16-28,22-32)13-25(33)24-8-6-5-7-9-24/h5-9,23,25H,10-22H2,1-4H3. The number of rotatable bonds is 4. The minimum absolute atomic E-state index is 0.505. The Balaban J connectivity index is 1.31. The zero-order chi connectivity index (χ0) is 23.0. The minimum Gasteiger partial charge on any atom is -0.0839 e. The highest BCUT2D eigenvalue weighted by Crippen LogP contribution is 2.84. The molecule has 0 aromatic heterocycles. The fraction of sp³-hybridized carbons (Fsp3) is 0.812. The molecule has 1 aromatic carbocycles. The van der Waals surface area contributed by atoms with E-state index in [-0.39, 0.29) is 0 Å². The summed E-state index contributed by atoms with van der Waals surface area (Å²) < 4.78 is 0. The van der Waals surface area contributed by atoms with Gasteiger partial charge in [0.25, 0.3) is 0 Å². The summed E-state index contributed by atoms with van der Waals surface area (Å²) in [6.45, 7) is 10.9. The van der Waals surface area contributed by atoms with E-state index in [0.29, 0.717) is 42.7 Å². The lowest BCUT2D eigenvalue weighted by atomic mass is 9.26. The number of benzene rings is 1. The molecule has 0 saturated heterocycles. The van der Waals surface area contributed by atoms with Crippen molar-refractivity contribution in [1.29, 1.82) is 0 Å². The Morgan fingerprint density at radius 1 is 0.667 bits per heavy atom. The van der Waals surface area contributed by atoms with Crippen molar-refractivity contribution in [3.63, 3.8) is 0 Å². The maximum atomic E-state index is 4.21. The van der Waals surface area contributed by atoms with Crippen LogP contribution in [0.25, 0.3) is 0 Å². The molecule has 33 heavy (non-hydrogen) atoms. The SMILES string of the molecule is CC12CC3CC(C)(C1)CC(C14CC5(C)CC(C)(CC(CC(Br)c6ccccc6)(C5)C1)C4)(C3)C2. The van der Waals surface area contributed by atoms with Crippen molar-refractivity contribution in [2.45, 2.75) is 116 Å². The largest absolute Gasteiger partial charge is 0.0839 e. The van der Waals surface area contributed by atoms with E-state index >= 15 is 0 Å². The fourth-order valence-corrected chi connectivity index (χ4v) is 14.9. The van der Waals surface area contributed by atoms with Gasteiger partial charge in [-0.1, -0.05) is 74.0 Å². The molecule has 0 heterocycles. The average molecular weight is 510 g/mol. The van der Waals surface area contributed by atoms with E-state index in [0.717, 1.165) is 5.92 Å². The van der Waals surface area contributed by atoms with Gasteiger partial charge in [-0.25, -0.2) is 0 Å².